The molecule has 1 N–H and O–H groups in total. The Morgan fingerprint density at radius 3 is 2.89 bits per heavy atom. The number of hydrogen-bond acceptors (Lipinski definition) is 7. The van der Waals surface area contributed by atoms with E-state index in [1.54, 1.807) is 29.0 Å². The lowest BCUT2D eigenvalue weighted by molar-refractivity contribution is 0.102. The van der Waals surface area contributed by atoms with Gasteiger partial charge in [0.15, 0.2) is 5.65 Å². The quantitative estimate of drug-likeness (QED) is 0.522. The van der Waals surface area contributed by atoms with Gasteiger partial charge < -0.3 is 5.32 Å². The van der Waals surface area contributed by atoms with Gasteiger partial charge in [-0.05, 0) is 42.5 Å². The summed E-state index contributed by atoms with van der Waals surface area (Å²) in [6.07, 6.45) is 1.55. The first-order valence-corrected chi connectivity index (χ1v) is 8.80. The van der Waals surface area contributed by atoms with Crippen LogP contribution in [-0.2, 0) is 0 Å². The Labute approximate surface area is 156 Å². The summed E-state index contributed by atoms with van der Waals surface area (Å²) in [5.41, 5.74) is 5.03. The number of rotatable bonds is 3. The average Bonchev–Trinajstić information content (AvgIpc) is 3.36. The van der Waals surface area contributed by atoms with E-state index in [0.717, 1.165) is 28.5 Å². The molecule has 0 aliphatic rings. The minimum absolute atomic E-state index is 0.204. The number of carbonyl (C=O) groups is 1. The van der Waals surface area contributed by atoms with Crippen LogP contribution in [0.1, 0.15) is 10.4 Å². The minimum Gasteiger partial charge on any atom is -0.322 e. The van der Waals surface area contributed by atoms with Gasteiger partial charge in [0.1, 0.15) is 17.4 Å². The fourth-order valence-corrected chi connectivity index (χ4v) is 3.28. The smallest absolute Gasteiger partial charge is 0.255 e. The van der Waals surface area contributed by atoms with Gasteiger partial charge in [0, 0.05) is 16.8 Å². The van der Waals surface area contributed by atoms with Gasteiger partial charge in [-0.3, -0.25) is 4.79 Å². The summed E-state index contributed by atoms with van der Waals surface area (Å²) in [5.74, 6) is -0.204. The molecule has 0 unspecified atom stereocenters. The molecule has 1 amide bonds. The summed E-state index contributed by atoms with van der Waals surface area (Å²) >= 11 is 1.13. The van der Waals surface area contributed by atoms with Crippen molar-refractivity contribution in [1.82, 2.24) is 28.6 Å². The summed E-state index contributed by atoms with van der Waals surface area (Å²) in [4.78, 5) is 12.6. The second kappa shape index (κ2) is 6.22. The number of carbonyl (C=O) groups excluding carboxylic acids is 1. The highest BCUT2D eigenvalue weighted by molar-refractivity contribution is 7.00. The summed E-state index contributed by atoms with van der Waals surface area (Å²) < 4.78 is 9.93. The third-order valence-electron chi connectivity index (χ3n) is 4.09. The van der Waals surface area contributed by atoms with E-state index in [2.05, 4.69) is 29.4 Å². The molecule has 0 saturated carbocycles. The Hall–Kier alpha value is -3.72. The molecule has 5 aromatic rings. The van der Waals surface area contributed by atoms with Gasteiger partial charge in [0.25, 0.3) is 5.91 Å². The number of fused-ring (bicyclic) bond motifs is 2. The van der Waals surface area contributed by atoms with E-state index in [4.69, 9.17) is 0 Å². The van der Waals surface area contributed by atoms with E-state index in [-0.39, 0.29) is 5.91 Å². The summed E-state index contributed by atoms with van der Waals surface area (Å²) in [5, 5.41) is 15.2. The highest BCUT2D eigenvalue weighted by atomic mass is 32.1. The molecule has 0 fully saturated rings. The Balaban J connectivity index is 1.43. The van der Waals surface area contributed by atoms with Crippen molar-refractivity contribution in [3.63, 3.8) is 0 Å². The number of anilines is 1. The third-order valence-corrected chi connectivity index (χ3v) is 4.65. The molecule has 0 saturated heterocycles. The number of nitrogens with zero attached hydrogens (tertiary/aromatic N) is 6. The second-order valence-electron chi connectivity index (χ2n) is 5.85. The summed E-state index contributed by atoms with van der Waals surface area (Å²) in [6, 6.07) is 16.5. The predicted molar refractivity (Wildman–Crippen MR) is 102 cm³/mol. The van der Waals surface area contributed by atoms with Gasteiger partial charge in [-0.1, -0.05) is 12.1 Å². The SMILES string of the molecule is O=C(Nc1cccc(-c2ccc3nncn3n2)c1)c1ccc2nsnc2c1. The van der Waals surface area contributed by atoms with Crippen molar-refractivity contribution in [3.05, 3.63) is 66.5 Å². The molecule has 8 nitrogen and oxygen atoms in total. The molecule has 0 radical (unpaired) electrons. The Kier molecular flexibility index (Phi) is 3.58. The number of hydrogen-bond donors (Lipinski definition) is 1. The summed E-state index contributed by atoms with van der Waals surface area (Å²) in [7, 11) is 0. The fraction of sp³-hybridized carbons (Fsp3) is 0. The Bertz CT molecular complexity index is 1290. The maximum Gasteiger partial charge on any atom is 0.255 e. The van der Waals surface area contributed by atoms with Crippen molar-refractivity contribution in [2.24, 2.45) is 0 Å². The van der Waals surface area contributed by atoms with Crippen LogP contribution in [0.4, 0.5) is 5.69 Å². The highest BCUT2D eigenvalue weighted by Gasteiger charge is 2.10. The zero-order chi connectivity index (χ0) is 18.2. The highest BCUT2D eigenvalue weighted by Crippen LogP contribution is 2.22. The topological polar surface area (TPSA) is 98.0 Å². The molecule has 5 rings (SSSR count). The maximum atomic E-state index is 12.6. The lowest BCUT2D eigenvalue weighted by Crippen LogP contribution is -2.11. The molecule has 0 bridgehead atoms. The maximum absolute atomic E-state index is 12.6. The molecule has 3 aromatic heterocycles. The minimum atomic E-state index is -0.204. The Morgan fingerprint density at radius 1 is 1.00 bits per heavy atom. The lowest BCUT2D eigenvalue weighted by Gasteiger charge is -2.07. The normalized spacial score (nSPS) is 11.1. The molecule has 0 atom stereocenters. The lowest BCUT2D eigenvalue weighted by atomic mass is 10.1. The van der Waals surface area contributed by atoms with Gasteiger partial charge in [-0.25, -0.2) is 0 Å². The van der Waals surface area contributed by atoms with Crippen LogP contribution < -0.4 is 5.32 Å². The number of aromatic nitrogens is 6. The van der Waals surface area contributed by atoms with Crippen molar-refractivity contribution in [3.8, 4) is 11.3 Å². The van der Waals surface area contributed by atoms with Crippen molar-refractivity contribution in [2.45, 2.75) is 0 Å². The standard InChI is InChI=1S/C18H11N7OS/c26-18(12-4-5-15-16(9-12)24-27-23-15)20-13-3-1-2-11(8-13)14-6-7-17-21-19-10-25(17)22-14/h1-10H,(H,20,26). The molecule has 0 aliphatic heterocycles. The van der Waals surface area contributed by atoms with Gasteiger partial charge >= 0.3 is 0 Å². The molecule has 0 spiro atoms. The van der Waals surface area contributed by atoms with Gasteiger partial charge in [-0.15, -0.1) is 10.2 Å². The van der Waals surface area contributed by atoms with Gasteiger partial charge in [0.05, 0.1) is 17.4 Å². The molecular formula is C18H11N7OS. The van der Waals surface area contributed by atoms with Crippen LogP contribution >= 0.6 is 11.7 Å². The molecule has 130 valence electrons. The number of nitrogens with one attached hydrogen (secondary N) is 1. The van der Waals surface area contributed by atoms with E-state index in [1.165, 1.54) is 0 Å². The zero-order valence-electron chi connectivity index (χ0n) is 13.8. The molecule has 0 aliphatic carbocycles. The van der Waals surface area contributed by atoms with Crippen molar-refractivity contribution in [2.75, 3.05) is 5.32 Å². The van der Waals surface area contributed by atoms with E-state index >= 15 is 0 Å². The third kappa shape index (κ3) is 2.89. The monoisotopic (exact) mass is 373 g/mol. The van der Waals surface area contributed by atoms with Crippen LogP contribution in [0.3, 0.4) is 0 Å². The van der Waals surface area contributed by atoms with Crippen LogP contribution in [0.5, 0.6) is 0 Å². The zero-order valence-corrected chi connectivity index (χ0v) is 14.6. The fourth-order valence-electron chi connectivity index (χ4n) is 2.77. The van der Waals surface area contributed by atoms with E-state index in [9.17, 15) is 4.79 Å². The van der Waals surface area contributed by atoms with Crippen LogP contribution in [0.25, 0.3) is 27.9 Å². The molecular weight excluding hydrogens is 362 g/mol. The van der Waals surface area contributed by atoms with Crippen LogP contribution in [0, 0.1) is 0 Å². The van der Waals surface area contributed by atoms with Crippen LogP contribution in [0.15, 0.2) is 60.9 Å². The van der Waals surface area contributed by atoms with Gasteiger partial charge in [-0.2, -0.15) is 18.4 Å². The second-order valence-corrected chi connectivity index (χ2v) is 6.38. The van der Waals surface area contributed by atoms with Crippen LogP contribution in [-0.4, -0.2) is 34.5 Å². The molecule has 2 aromatic carbocycles. The largest absolute Gasteiger partial charge is 0.322 e. The summed E-state index contributed by atoms with van der Waals surface area (Å²) in [6.45, 7) is 0. The van der Waals surface area contributed by atoms with E-state index < -0.39 is 0 Å². The first kappa shape index (κ1) is 15.5. The number of benzene rings is 2. The average molecular weight is 373 g/mol. The van der Waals surface area contributed by atoms with E-state index in [0.29, 0.717) is 22.4 Å². The van der Waals surface area contributed by atoms with Gasteiger partial charge in [0.2, 0.25) is 0 Å². The molecule has 27 heavy (non-hydrogen) atoms. The van der Waals surface area contributed by atoms with Crippen molar-refractivity contribution >= 4 is 40.0 Å². The van der Waals surface area contributed by atoms with Crippen LogP contribution in [0.2, 0.25) is 0 Å². The van der Waals surface area contributed by atoms with Crippen molar-refractivity contribution in [1.29, 1.82) is 0 Å². The van der Waals surface area contributed by atoms with E-state index in [1.807, 2.05) is 36.4 Å². The predicted octanol–water partition coefficient (Wildman–Crippen LogP) is 3.05. The van der Waals surface area contributed by atoms with Crippen molar-refractivity contribution < 1.29 is 4.79 Å². The molecule has 9 heteroatoms. The first-order valence-electron chi connectivity index (χ1n) is 8.07. The molecule has 3 heterocycles. The number of amides is 1. The Morgan fingerprint density at radius 2 is 1.93 bits per heavy atom. The first-order chi connectivity index (χ1) is 13.3.